The zero-order chi connectivity index (χ0) is 11.8. The number of carbonyl (C=O) groups is 1. The number of carbonyl (C=O) groups excluding carboxylic acids is 1. The van der Waals surface area contributed by atoms with Crippen molar-refractivity contribution in [1.82, 2.24) is 0 Å². The van der Waals surface area contributed by atoms with E-state index in [-0.39, 0.29) is 6.61 Å². The van der Waals surface area contributed by atoms with Crippen molar-refractivity contribution in [2.24, 2.45) is 0 Å². The van der Waals surface area contributed by atoms with Crippen molar-refractivity contribution in [1.29, 1.82) is 5.26 Å². The Kier molecular flexibility index (Phi) is 4.43. The highest BCUT2D eigenvalue weighted by Crippen LogP contribution is 2.11. The SMILES string of the molecule is COC(=O)COc1ccc(C#CC#N)cc1. The first-order valence-corrected chi connectivity index (χ1v) is 4.46. The van der Waals surface area contributed by atoms with Gasteiger partial charge >= 0.3 is 5.97 Å². The number of nitriles is 1. The summed E-state index contributed by atoms with van der Waals surface area (Å²) in [7, 11) is 1.30. The van der Waals surface area contributed by atoms with Crippen LogP contribution in [0.5, 0.6) is 5.75 Å². The molecule has 0 aliphatic heterocycles. The zero-order valence-corrected chi connectivity index (χ0v) is 8.69. The van der Waals surface area contributed by atoms with Crippen molar-refractivity contribution >= 4 is 5.97 Å². The Bertz CT molecular complexity index is 460. The molecule has 0 radical (unpaired) electrons. The molecule has 0 fully saturated rings. The van der Waals surface area contributed by atoms with Gasteiger partial charge in [-0.2, -0.15) is 5.26 Å². The number of hydrogen-bond acceptors (Lipinski definition) is 4. The molecule has 0 aliphatic carbocycles. The molecule has 0 atom stereocenters. The summed E-state index contributed by atoms with van der Waals surface area (Å²) in [5.74, 6) is 5.04. The van der Waals surface area contributed by atoms with E-state index >= 15 is 0 Å². The Balaban J connectivity index is 2.59. The molecule has 0 spiro atoms. The van der Waals surface area contributed by atoms with Gasteiger partial charge in [-0.1, -0.05) is 5.92 Å². The molecule has 0 unspecified atom stereocenters. The first-order valence-electron chi connectivity index (χ1n) is 4.46. The lowest BCUT2D eigenvalue weighted by Crippen LogP contribution is -2.12. The summed E-state index contributed by atoms with van der Waals surface area (Å²) >= 11 is 0. The molecule has 1 aromatic rings. The summed E-state index contributed by atoms with van der Waals surface area (Å²) in [6, 6.07) is 8.48. The summed E-state index contributed by atoms with van der Waals surface area (Å²) in [4.78, 5) is 10.8. The van der Waals surface area contributed by atoms with Crippen LogP contribution < -0.4 is 4.74 Å². The van der Waals surface area contributed by atoms with Gasteiger partial charge in [0, 0.05) is 11.5 Å². The molecular weight excluding hydrogens is 206 g/mol. The molecule has 0 heterocycles. The van der Waals surface area contributed by atoms with Crippen LogP contribution in [-0.2, 0) is 9.53 Å². The lowest BCUT2D eigenvalue weighted by atomic mass is 10.2. The van der Waals surface area contributed by atoms with Crippen molar-refractivity contribution in [3.05, 3.63) is 29.8 Å². The largest absolute Gasteiger partial charge is 0.482 e. The van der Waals surface area contributed by atoms with Crippen LogP contribution in [0, 0.1) is 23.2 Å². The Morgan fingerprint density at radius 2 is 2.06 bits per heavy atom. The van der Waals surface area contributed by atoms with Crippen LogP contribution in [0.3, 0.4) is 0 Å². The maximum Gasteiger partial charge on any atom is 0.343 e. The number of benzene rings is 1. The monoisotopic (exact) mass is 215 g/mol. The van der Waals surface area contributed by atoms with E-state index in [0.717, 1.165) is 0 Å². The molecule has 0 saturated carbocycles. The minimum absolute atomic E-state index is 0.125. The molecule has 1 rings (SSSR count). The number of esters is 1. The maximum absolute atomic E-state index is 10.8. The highest BCUT2D eigenvalue weighted by atomic mass is 16.6. The summed E-state index contributed by atoms with van der Waals surface area (Å²) in [5.41, 5.74) is 0.715. The van der Waals surface area contributed by atoms with E-state index in [0.29, 0.717) is 11.3 Å². The zero-order valence-electron chi connectivity index (χ0n) is 8.69. The smallest absolute Gasteiger partial charge is 0.343 e. The normalized spacial score (nSPS) is 8.25. The molecule has 0 N–H and O–H groups in total. The molecule has 4 heteroatoms. The first-order chi connectivity index (χ1) is 7.76. The fourth-order valence-electron chi connectivity index (χ4n) is 0.936. The van der Waals surface area contributed by atoms with E-state index in [1.54, 1.807) is 30.3 Å². The minimum atomic E-state index is -0.437. The Hall–Kier alpha value is -2.46. The molecular formula is C12H9NO3. The Labute approximate surface area is 93.4 Å². The second-order valence-corrected chi connectivity index (χ2v) is 2.75. The fourth-order valence-corrected chi connectivity index (χ4v) is 0.936. The predicted octanol–water partition coefficient (Wildman–Crippen LogP) is 1.11. The van der Waals surface area contributed by atoms with Crippen molar-refractivity contribution in [2.75, 3.05) is 13.7 Å². The molecule has 80 valence electrons. The highest BCUT2D eigenvalue weighted by molar-refractivity contribution is 5.70. The number of rotatable bonds is 3. The van der Waals surface area contributed by atoms with Crippen LogP contribution in [0.15, 0.2) is 24.3 Å². The van der Waals surface area contributed by atoms with Gasteiger partial charge in [0.2, 0.25) is 0 Å². The van der Waals surface area contributed by atoms with E-state index in [4.69, 9.17) is 10.00 Å². The van der Waals surface area contributed by atoms with Gasteiger partial charge in [0.1, 0.15) is 5.75 Å². The predicted molar refractivity (Wildman–Crippen MR) is 56.4 cm³/mol. The van der Waals surface area contributed by atoms with Crippen LogP contribution in [0.25, 0.3) is 0 Å². The van der Waals surface area contributed by atoms with Crippen LogP contribution in [0.2, 0.25) is 0 Å². The summed E-state index contributed by atoms with van der Waals surface area (Å²) in [6.45, 7) is -0.125. The van der Waals surface area contributed by atoms with Gasteiger partial charge in [0.05, 0.1) is 7.11 Å². The van der Waals surface area contributed by atoms with Crippen molar-refractivity contribution in [3.8, 4) is 23.7 Å². The number of hydrogen-bond donors (Lipinski definition) is 0. The van der Waals surface area contributed by atoms with E-state index in [1.807, 2.05) is 0 Å². The van der Waals surface area contributed by atoms with Gasteiger partial charge in [0.15, 0.2) is 12.7 Å². The topological polar surface area (TPSA) is 59.3 Å². The second-order valence-electron chi connectivity index (χ2n) is 2.75. The van der Waals surface area contributed by atoms with Gasteiger partial charge in [-0.25, -0.2) is 4.79 Å². The highest BCUT2D eigenvalue weighted by Gasteiger charge is 2.00. The van der Waals surface area contributed by atoms with Crippen LogP contribution in [-0.4, -0.2) is 19.7 Å². The van der Waals surface area contributed by atoms with Gasteiger partial charge in [-0.3, -0.25) is 0 Å². The second kappa shape index (κ2) is 6.10. The van der Waals surface area contributed by atoms with Gasteiger partial charge in [-0.15, -0.1) is 0 Å². The average Bonchev–Trinajstić information content (AvgIpc) is 2.34. The Morgan fingerprint density at radius 1 is 1.38 bits per heavy atom. The third kappa shape index (κ3) is 3.73. The minimum Gasteiger partial charge on any atom is -0.482 e. The lowest BCUT2D eigenvalue weighted by Gasteiger charge is -2.03. The van der Waals surface area contributed by atoms with Gasteiger partial charge in [0.25, 0.3) is 0 Å². The van der Waals surface area contributed by atoms with E-state index in [2.05, 4.69) is 16.6 Å². The van der Waals surface area contributed by atoms with Crippen LogP contribution in [0.1, 0.15) is 5.56 Å². The molecule has 4 nitrogen and oxygen atoms in total. The maximum atomic E-state index is 10.8. The molecule has 0 aliphatic rings. The lowest BCUT2D eigenvalue weighted by molar-refractivity contribution is -0.142. The van der Waals surface area contributed by atoms with Gasteiger partial charge < -0.3 is 9.47 Å². The van der Waals surface area contributed by atoms with Gasteiger partial charge in [-0.05, 0) is 24.3 Å². The summed E-state index contributed by atoms with van der Waals surface area (Å²) in [5, 5.41) is 8.25. The Morgan fingerprint density at radius 3 is 2.62 bits per heavy atom. The quantitative estimate of drug-likeness (QED) is 0.560. The van der Waals surface area contributed by atoms with Crippen molar-refractivity contribution in [3.63, 3.8) is 0 Å². The number of ether oxygens (including phenoxy) is 2. The molecule has 0 aromatic heterocycles. The first kappa shape index (κ1) is 11.6. The number of methoxy groups -OCH3 is 1. The molecule has 0 bridgehead atoms. The third-order valence-corrected chi connectivity index (χ3v) is 1.70. The third-order valence-electron chi connectivity index (χ3n) is 1.70. The fraction of sp³-hybridized carbons (Fsp3) is 0.167. The van der Waals surface area contributed by atoms with E-state index in [9.17, 15) is 4.79 Å². The molecule has 0 amide bonds. The summed E-state index contributed by atoms with van der Waals surface area (Å²) < 4.78 is 9.56. The molecule has 1 aromatic carbocycles. The average molecular weight is 215 g/mol. The van der Waals surface area contributed by atoms with Crippen LogP contribution >= 0.6 is 0 Å². The van der Waals surface area contributed by atoms with Crippen LogP contribution in [0.4, 0.5) is 0 Å². The standard InChI is InChI=1S/C12H9NO3/c1-15-12(14)9-16-11-6-4-10(5-7-11)3-2-8-13/h4-7H,9H2,1H3. The summed E-state index contributed by atoms with van der Waals surface area (Å²) in [6.07, 6.45) is 0. The van der Waals surface area contributed by atoms with Crippen molar-refractivity contribution < 1.29 is 14.3 Å². The number of nitrogens with zero attached hydrogens (tertiary/aromatic N) is 1. The molecule has 16 heavy (non-hydrogen) atoms. The van der Waals surface area contributed by atoms with E-state index < -0.39 is 5.97 Å². The molecule has 0 saturated heterocycles. The van der Waals surface area contributed by atoms with Crippen molar-refractivity contribution in [2.45, 2.75) is 0 Å². The van der Waals surface area contributed by atoms with E-state index in [1.165, 1.54) is 7.11 Å².